The van der Waals surface area contributed by atoms with Crippen LogP contribution < -0.4 is 13.6 Å². The molecule has 3 aromatic rings. The van der Waals surface area contributed by atoms with Crippen molar-refractivity contribution in [2.24, 2.45) is 0 Å². The van der Waals surface area contributed by atoms with E-state index in [4.69, 9.17) is 13.6 Å². The number of hydrogen-bond acceptors (Lipinski definition) is 3. The molecule has 3 aromatic carbocycles. The molecule has 46 heavy (non-hydrogen) atoms. The van der Waals surface area contributed by atoms with Gasteiger partial charge in [-0.1, -0.05) is 172 Å². The molecule has 0 saturated heterocycles. The number of para-hydroxylation sites is 3. The fourth-order valence-corrected chi connectivity index (χ4v) is 7.11. The molecule has 3 nitrogen and oxygen atoms in total. The molecule has 0 atom stereocenters. The van der Waals surface area contributed by atoms with E-state index in [1.54, 1.807) is 0 Å². The minimum atomic E-state index is -1.72. The smallest absolute Gasteiger partial charge is 0.408 e. The second kappa shape index (κ2) is 24.6. The maximum absolute atomic E-state index is 6.72. The van der Waals surface area contributed by atoms with E-state index in [1.165, 1.54) is 132 Å². The van der Waals surface area contributed by atoms with Crippen molar-refractivity contribution in [3.63, 3.8) is 0 Å². The van der Waals surface area contributed by atoms with Crippen LogP contribution in [-0.2, 0) is 19.3 Å². The van der Waals surface area contributed by atoms with Crippen LogP contribution in [0.2, 0.25) is 0 Å². The SMILES string of the molecule is CCCCCCCCc1ccccc1OP(Oc1ccccc1CCCCCCCC)Oc1ccccc1CCCCCCCC. The first-order chi connectivity index (χ1) is 22.7. The van der Waals surface area contributed by atoms with Gasteiger partial charge >= 0.3 is 8.60 Å². The Kier molecular flexibility index (Phi) is 20.3. The number of rotatable bonds is 27. The molecule has 0 fully saturated rings. The lowest BCUT2D eigenvalue weighted by Gasteiger charge is -2.22. The summed E-state index contributed by atoms with van der Waals surface area (Å²) in [5, 5.41) is 0. The summed E-state index contributed by atoms with van der Waals surface area (Å²) >= 11 is 0. The lowest BCUT2D eigenvalue weighted by atomic mass is 10.0. The van der Waals surface area contributed by atoms with Crippen LogP contribution in [0.4, 0.5) is 0 Å². The Hall–Kier alpha value is -2.51. The van der Waals surface area contributed by atoms with Crippen molar-refractivity contribution in [1.29, 1.82) is 0 Å². The normalized spacial score (nSPS) is 11.2. The standard InChI is InChI=1S/C42H63O3P/c1-4-7-10-13-16-19-28-37-31-22-25-34-40(37)43-46(44-41-35-26-23-32-38(41)29-20-17-14-11-8-5-2)45-42-36-27-24-33-39(42)30-21-18-15-12-9-6-3/h22-27,31-36H,4-21,28-30H2,1-3H3. The quantitative estimate of drug-likeness (QED) is 0.0609. The van der Waals surface area contributed by atoms with Gasteiger partial charge in [0.05, 0.1) is 0 Å². The fraction of sp³-hybridized carbons (Fsp3) is 0.571. The highest BCUT2D eigenvalue weighted by Crippen LogP contribution is 2.45. The zero-order chi connectivity index (χ0) is 32.5. The van der Waals surface area contributed by atoms with Gasteiger partial charge in [0.1, 0.15) is 17.2 Å². The first kappa shape index (κ1) is 37.9. The van der Waals surface area contributed by atoms with Gasteiger partial charge in [-0.15, -0.1) is 0 Å². The predicted octanol–water partition coefficient (Wildman–Crippen LogP) is 14.2. The van der Waals surface area contributed by atoms with Crippen molar-refractivity contribution in [2.45, 2.75) is 156 Å². The molecule has 0 heterocycles. The molecule has 0 aromatic heterocycles. The van der Waals surface area contributed by atoms with Crippen molar-refractivity contribution < 1.29 is 13.6 Å². The Morgan fingerprint density at radius 2 is 0.609 bits per heavy atom. The van der Waals surface area contributed by atoms with Gasteiger partial charge in [-0.3, -0.25) is 0 Å². The maximum Gasteiger partial charge on any atom is 0.530 e. The van der Waals surface area contributed by atoms with E-state index in [1.807, 2.05) is 0 Å². The summed E-state index contributed by atoms with van der Waals surface area (Å²) < 4.78 is 20.2. The summed E-state index contributed by atoms with van der Waals surface area (Å²) in [7, 11) is -1.72. The van der Waals surface area contributed by atoms with Crippen LogP contribution in [0.3, 0.4) is 0 Å². The van der Waals surface area contributed by atoms with E-state index in [9.17, 15) is 0 Å². The van der Waals surface area contributed by atoms with Crippen molar-refractivity contribution in [3.8, 4) is 17.2 Å². The van der Waals surface area contributed by atoms with E-state index in [2.05, 4.69) is 93.6 Å². The van der Waals surface area contributed by atoms with Gasteiger partial charge in [0, 0.05) is 0 Å². The highest BCUT2D eigenvalue weighted by atomic mass is 31.2. The lowest BCUT2D eigenvalue weighted by Crippen LogP contribution is -2.06. The molecule has 0 N–H and O–H groups in total. The molecular weight excluding hydrogens is 583 g/mol. The van der Waals surface area contributed by atoms with Crippen LogP contribution >= 0.6 is 8.60 Å². The molecule has 0 radical (unpaired) electrons. The highest BCUT2D eigenvalue weighted by molar-refractivity contribution is 7.43. The number of benzene rings is 3. The summed E-state index contributed by atoms with van der Waals surface area (Å²) in [6.45, 7) is 6.82. The molecule has 0 aliphatic carbocycles. The number of aryl methyl sites for hydroxylation is 3. The molecule has 3 rings (SSSR count). The van der Waals surface area contributed by atoms with Crippen molar-refractivity contribution >= 4 is 8.60 Å². The van der Waals surface area contributed by atoms with E-state index >= 15 is 0 Å². The molecule has 0 bridgehead atoms. The molecular formula is C42H63O3P. The number of hydrogen-bond donors (Lipinski definition) is 0. The van der Waals surface area contributed by atoms with Crippen LogP contribution in [0.5, 0.6) is 17.2 Å². The molecule has 0 saturated carbocycles. The average molecular weight is 647 g/mol. The molecule has 254 valence electrons. The monoisotopic (exact) mass is 646 g/mol. The first-order valence-corrected chi connectivity index (χ1v) is 19.9. The molecule has 0 aliphatic rings. The van der Waals surface area contributed by atoms with E-state index in [0.29, 0.717) is 0 Å². The minimum Gasteiger partial charge on any atom is -0.408 e. The molecule has 0 spiro atoms. The summed E-state index contributed by atoms with van der Waals surface area (Å²) in [5.41, 5.74) is 3.70. The fourth-order valence-electron chi connectivity index (χ4n) is 5.98. The van der Waals surface area contributed by atoms with Crippen LogP contribution in [0.15, 0.2) is 72.8 Å². The molecule has 0 amide bonds. The van der Waals surface area contributed by atoms with Gasteiger partial charge in [-0.05, 0) is 73.4 Å². The van der Waals surface area contributed by atoms with Crippen molar-refractivity contribution in [2.75, 3.05) is 0 Å². The van der Waals surface area contributed by atoms with Crippen LogP contribution in [0.1, 0.15) is 153 Å². The summed E-state index contributed by atoms with van der Waals surface area (Å²) in [5.74, 6) is 2.64. The lowest BCUT2D eigenvalue weighted by molar-refractivity contribution is 0.382. The first-order valence-electron chi connectivity index (χ1n) is 18.8. The molecule has 0 unspecified atom stereocenters. The minimum absolute atomic E-state index is 0.879. The highest BCUT2D eigenvalue weighted by Gasteiger charge is 2.24. The zero-order valence-corrected chi connectivity index (χ0v) is 30.3. The number of unbranched alkanes of at least 4 members (excludes halogenated alkanes) is 15. The van der Waals surface area contributed by atoms with Crippen molar-refractivity contribution in [1.82, 2.24) is 0 Å². The zero-order valence-electron chi connectivity index (χ0n) is 29.4. The van der Waals surface area contributed by atoms with Gasteiger partial charge in [-0.25, -0.2) is 0 Å². The van der Waals surface area contributed by atoms with E-state index < -0.39 is 8.60 Å². The van der Waals surface area contributed by atoms with Crippen LogP contribution in [0.25, 0.3) is 0 Å². The Balaban J connectivity index is 1.75. The van der Waals surface area contributed by atoms with Gasteiger partial charge < -0.3 is 13.6 Å². The Morgan fingerprint density at radius 3 is 0.913 bits per heavy atom. The second-order valence-corrected chi connectivity index (χ2v) is 13.9. The molecule has 0 aliphatic heterocycles. The topological polar surface area (TPSA) is 27.7 Å². The summed E-state index contributed by atoms with van der Waals surface area (Å²) in [4.78, 5) is 0. The third-order valence-corrected chi connectivity index (χ3v) is 9.87. The Bertz CT molecular complexity index is 1030. The summed E-state index contributed by atoms with van der Waals surface area (Å²) in [6.07, 6.45) is 26.1. The Labute approximate surface area is 283 Å². The van der Waals surface area contributed by atoms with E-state index in [-0.39, 0.29) is 0 Å². The van der Waals surface area contributed by atoms with Crippen molar-refractivity contribution in [3.05, 3.63) is 89.5 Å². The predicted molar refractivity (Wildman–Crippen MR) is 199 cm³/mol. The van der Waals surface area contributed by atoms with Gasteiger partial charge in [-0.2, -0.15) is 0 Å². The third-order valence-electron chi connectivity index (χ3n) is 8.84. The van der Waals surface area contributed by atoms with Gasteiger partial charge in [0.15, 0.2) is 0 Å². The third kappa shape index (κ3) is 15.4. The molecule has 4 heteroatoms. The average Bonchev–Trinajstić information content (AvgIpc) is 3.08. The maximum atomic E-state index is 6.72. The summed E-state index contributed by atoms with van der Waals surface area (Å²) in [6, 6.07) is 25.4. The van der Waals surface area contributed by atoms with Crippen LogP contribution in [-0.4, -0.2) is 0 Å². The van der Waals surface area contributed by atoms with Crippen LogP contribution in [0, 0.1) is 0 Å². The van der Waals surface area contributed by atoms with Gasteiger partial charge in [0.25, 0.3) is 0 Å². The Morgan fingerprint density at radius 1 is 0.348 bits per heavy atom. The van der Waals surface area contributed by atoms with Gasteiger partial charge in [0.2, 0.25) is 0 Å². The van der Waals surface area contributed by atoms with E-state index in [0.717, 1.165) is 36.5 Å². The second-order valence-electron chi connectivity index (χ2n) is 12.9. The largest absolute Gasteiger partial charge is 0.530 e.